The van der Waals surface area contributed by atoms with Crippen LogP contribution in [0.5, 0.6) is 0 Å². The highest BCUT2D eigenvalue weighted by Gasteiger charge is 2.33. The summed E-state index contributed by atoms with van der Waals surface area (Å²) in [6.45, 7) is 5.00. The SMILES string of the molecule is CC1COC(=O)N1c1nc(Cl)cc(N2CCOCC2)n1. The topological polar surface area (TPSA) is 67.8 Å². The van der Waals surface area contributed by atoms with E-state index in [-0.39, 0.29) is 12.0 Å². The van der Waals surface area contributed by atoms with Gasteiger partial charge in [0.2, 0.25) is 5.95 Å². The number of rotatable bonds is 2. The second kappa shape index (κ2) is 5.41. The van der Waals surface area contributed by atoms with E-state index in [4.69, 9.17) is 21.1 Å². The van der Waals surface area contributed by atoms with Crippen molar-refractivity contribution in [3.05, 3.63) is 11.2 Å². The molecule has 8 heteroatoms. The lowest BCUT2D eigenvalue weighted by atomic mass is 10.3. The van der Waals surface area contributed by atoms with Crippen molar-refractivity contribution >= 4 is 29.5 Å². The Kier molecular flexibility index (Phi) is 3.62. The third-order valence-corrected chi connectivity index (χ3v) is 3.50. The number of ether oxygens (including phenoxy) is 2. The van der Waals surface area contributed by atoms with Crippen molar-refractivity contribution in [3.63, 3.8) is 0 Å². The number of halogens is 1. The molecule has 1 aromatic heterocycles. The summed E-state index contributed by atoms with van der Waals surface area (Å²) in [4.78, 5) is 23.8. The summed E-state index contributed by atoms with van der Waals surface area (Å²) in [5, 5.41) is 0.309. The number of nitrogens with zero attached hydrogens (tertiary/aromatic N) is 4. The summed E-state index contributed by atoms with van der Waals surface area (Å²) in [6.07, 6.45) is -0.437. The van der Waals surface area contributed by atoms with Crippen molar-refractivity contribution < 1.29 is 14.3 Å². The van der Waals surface area contributed by atoms with Gasteiger partial charge in [-0.3, -0.25) is 0 Å². The number of aromatic nitrogens is 2. The summed E-state index contributed by atoms with van der Waals surface area (Å²) in [5.41, 5.74) is 0. The lowest BCUT2D eigenvalue weighted by Gasteiger charge is -2.28. The Morgan fingerprint density at radius 3 is 2.75 bits per heavy atom. The molecule has 1 atom stereocenters. The number of amides is 1. The molecule has 108 valence electrons. The molecular formula is C12H15ClN4O3. The van der Waals surface area contributed by atoms with Gasteiger partial charge in [0.25, 0.3) is 0 Å². The van der Waals surface area contributed by atoms with E-state index < -0.39 is 6.09 Å². The molecule has 0 spiro atoms. The van der Waals surface area contributed by atoms with Crippen molar-refractivity contribution in [3.8, 4) is 0 Å². The number of morpholine rings is 1. The number of carbonyl (C=O) groups excluding carboxylic acids is 1. The van der Waals surface area contributed by atoms with Crippen molar-refractivity contribution in [1.82, 2.24) is 9.97 Å². The lowest BCUT2D eigenvalue weighted by Crippen LogP contribution is -2.38. The number of hydrogen-bond donors (Lipinski definition) is 0. The van der Waals surface area contributed by atoms with Gasteiger partial charge < -0.3 is 14.4 Å². The first-order valence-electron chi connectivity index (χ1n) is 6.48. The molecule has 1 amide bonds. The van der Waals surface area contributed by atoms with Crippen molar-refractivity contribution in [2.75, 3.05) is 42.7 Å². The smallest absolute Gasteiger partial charge is 0.417 e. The van der Waals surface area contributed by atoms with E-state index in [1.165, 1.54) is 4.90 Å². The Labute approximate surface area is 121 Å². The lowest BCUT2D eigenvalue weighted by molar-refractivity contribution is 0.122. The molecule has 3 rings (SSSR count). The molecular weight excluding hydrogens is 284 g/mol. The van der Waals surface area contributed by atoms with Crippen LogP contribution in [0.4, 0.5) is 16.6 Å². The Morgan fingerprint density at radius 1 is 1.35 bits per heavy atom. The Bertz CT molecular complexity index is 521. The molecule has 1 unspecified atom stereocenters. The zero-order valence-corrected chi connectivity index (χ0v) is 11.8. The van der Waals surface area contributed by atoms with Gasteiger partial charge in [0.1, 0.15) is 17.6 Å². The van der Waals surface area contributed by atoms with Gasteiger partial charge in [0, 0.05) is 19.2 Å². The van der Waals surface area contributed by atoms with E-state index in [0.29, 0.717) is 30.8 Å². The molecule has 2 aliphatic heterocycles. The van der Waals surface area contributed by atoms with Gasteiger partial charge in [-0.2, -0.15) is 4.98 Å². The maximum atomic E-state index is 11.7. The van der Waals surface area contributed by atoms with Crippen molar-refractivity contribution in [2.24, 2.45) is 0 Å². The summed E-state index contributed by atoms with van der Waals surface area (Å²) >= 11 is 6.06. The number of cyclic esters (lactones) is 1. The molecule has 0 N–H and O–H groups in total. The van der Waals surface area contributed by atoms with Crippen molar-refractivity contribution in [1.29, 1.82) is 0 Å². The van der Waals surface area contributed by atoms with Gasteiger partial charge in [-0.25, -0.2) is 14.7 Å². The second-order valence-electron chi connectivity index (χ2n) is 4.74. The first-order valence-corrected chi connectivity index (χ1v) is 6.86. The van der Waals surface area contributed by atoms with Gasteiger partial charge in [-0.1, -0.05) is 11.6 Å². The molecule has 1 aromatic rings. The van der Waals surface area contributed by atoms with E-state index >= 15 is 0 Å². The van der Waals surface area contributed by atoms with Crippen molar-refractivity contribution in [2.45, 2.75) is 13.0 Å². The van der Waals surface area contributed by atoms with Crippen LogP contribution in [-0.2, 0) is 9.47 Å². The molecule has 2 saturated heterocycles. The summed E-state index contributed by atoms with van der Waals surface area (Å²) in [5.74, 6) is 0.990. The van der Waals surface area contributed by atoms with Gasteiger partial charge in [-0.15, -0.1) is 0 Å². The van der Waals surface area contributed by atoms with Gasteiger partial charge in [0.05, 0.1) is 19.3 Å². The molecule has 3 heterocycles. The normalized spacial score (nSPS) is 23.1. The number of hydrogen-bond acceptors (Lipinski definition) is 6. The summed E-state index contributed by atoms with van der Waals surface area (Å²) in [7, 11) is 0. The van der Waals surface area contributed by atoms with Gasteiger partial charge >= 0.3 is 6.09 Å². The largest absolute Gasteiger partial charge is 0.447 e. The first kappa shape index (κ1) is 13.4. The third kappa shape index (κ3) is 2.51. The Hall–Kier alpha value is -1.60. The predicted octanol–water partition coefficient (Wildman–Crippen LogP) is 1.31. The minimum atomic E-state index is -0.437. The van der Waals surface area contributed by atoms with Crippen LogP contribution in [0, 0.1) is 0 Å². The molecule has 0 aromatic carbocycles. The fourth-order valence-electron chi connectivity index (χ4n) is 2.25. The number of anilines is 2. The maximum absolute atomic E-state index is 11.7. The van der Waals surface area contributed by atoms with Crippen LogP contribution in [0.25, 0.3) is 0 Å². The zero-order valence-electron chi connectivity index (χ0n) is 11.1. The van der Waals surface area contributed by atoms with Crippen LogP contribution in [0.1, 0.15) is 6.92 Å². The summed E-state index contributed by atoms with van der Waals surface area (Å²) in [6, 6.07) is 1.60. The predicted molar refractivity (Wildman–Crippen MR) is 73.4 cm³/mol. The monoisotopic (exact) mass is 298 g/mol. The highest BCUT2D eigenvalue weighted by Crippen LogP contribution is 2.25. The van der Waals surface area contributed by atoms with Crippen LogP contribution in [-0.4, -0.2) is 55.0 Å². The fraction of sp³-hybridized carbons (Fsp3) is 0.583. The standard InChI is InChI=1S/C12H15ClN4O3/c1-8-7-20-12(18)17(8)11-14-9(13)6-10(15-11)16-2-4-19-5-3-16/h6,8H,2-5,7H2,1H3. The molecule has 2 fully saturated rings. The molecule has 0 bridgehead atoms. The van der Waals surface area contributed by atoms with Crippen LogP contribution >= 0.6 is 11.6 Å². The van der Waals surface area contributed by atoms with Crippen LogP contribution in [0.3, 0.4) is 0 Å². The first-order chi connectivity index (χ1) is 9.65. The van der Waals surface area contributed by atoms with E-state index in [9.17, 15) is 4.79 Å². The average Bonchev–Trinajstić information content (AvgIpc) is 2.78. The Balaban J connectivity index is 1.91. The van der Waals surface area contributed by atoms with Gasteiger partial charge in [0.15, 0.2) is 0 Å². The molecule has 0 saturated carbocycles. The molecule has 0 aliphatic carbocycles. The zero-order chi connectivity index (χ0) is 14.1. The molecule has 0 radical (unpaired) electrons. The molecule has 2 aliphatic rings. The quantitative estimate of drug-likeness (QED) is 0.767. The molecule has 7 nitrogen and oxygen atoms in total. The van der Waals surface area contributed by atoms with E-state index in [2.05, 4.69) is 14.9 Å². The van der Waals surface area contributed by atoms with Crippen LogP contribution < -0.4 is 9.80 Å². The molecule has 20 heavy (non-hydrogen) atoms. The van der Waals surface area contributed by atoms with Crippen LogP contribution in [0.15, 0.2) is 6.07 Å². The minimum absolute atomic E-state index is 0.0986. The highest BCUT2D eigenvalue weighted by molar-refractivity contribution is 6.29. The van der Waals surface area contributed by atoms with Gasteiger partial charge in [-0.05, 0) is 6.92 Å². The third-order valence-electron chi connectivity index (χ3n) is 3.31. The minimum Gasteiger partial charge on any atom is -0.447 e. The summed E-state index contributed by atoms with van der Waals surface area (Å²) < 4.78 is 10.3. The highest BCUT2D eigenvalue weighted by atomic mass is 35.5. The van der Waals surface area contributed by atoms with E-state index in [1.807, 2.05) is 6.92 Å². The Morgan fingerprint density at radius 2 is 2.10 bits per heavy atom. The van der Waals surface area contributed by atoms with E-state index in [1.54, 1.807) is 6.07 Å². The van der Waals surface area contributed by atoms with Crippen LogP contribution in [0.2, 0.25) is 5.15 Å². The average molecular weight is 299 g/mol. The number of carbonyl (C=O) groups is 1. The van der Waals surface area contributed by atoms with E-state index in [0.717, 1.165) is 13.1 Å². The second-order valence-corrected chi connectivity index (χ2v) is 5.13. The maximum Gasteiger partial charge on any atom is 0.417 e. The fourth-order valence-corrected chi connectivity index (χ4v) is 2.42.